The van der Waals surface area contributed by atoms with Gasteiger partial charge in [-0.25, -0.2) is 9.78 Å². The van der Waals surface area contributed by atoms with Gasteiger partial charge in [0.2, 0.25) is 0 Å². The summed E-state index contributed by atoms with van der Waals surface area (Å²) in [5.74, 6) is -0.806. The zero-order valence-corrected chi connectivity index (χ0v) is 14.5. The number of esters is 1. The molecule has 0 saturated carbocycles. The molecule has 1 saturated heterocycles. The second-order valence-corrected chi connectivity index (χ2v) is 6.30. The molecule has 8 heteroatoms. The van der Waals surface area contributed by atoms with Crippen LogP contribution in [0, 0.1) is 0 Å². The van der Waals surface area contributed by atoms with Crippen LogP contribution in [0.2, 0.25) is 0 Å². The fourth-order valence-electron chi connectivity index (χ4n) is 2.33. The largest absolute Gasteiger partial charge is 0.451 e. The van der Waals surface area contributed by atoms with Crippen LogP contribution in [0.3, 0.4) is 0 Å². The highest BCUT2D eigenvalue weighted by Crippen LogP contribution is 2.17. The smallest absolute Gasteiger partial charge is 0.358 e. The molecule has 0 unspecified atom stereocenters. The number of carbonyl (C=O) groups is 2. The first-order valence-corrected chi connectivity index (χ1v) is 8.86. The van der Waals surface area contributed by atoms with Crippen LogP contribution in [0.25, 0.3) is 0 Å². The van der Waals surface area contributed by atoms with Crippen molar-refractivity contribution in [1.82, 2.24) is 9.88 Å². The number of ether oxygens (including phenoxy) is 2. The molecule has 2 heterocycles. The van der Waals surface area contributed by atoms with Gasteiger partial charge in [-0.1, -0.05) is 30.3 Å². The first-order valence-electron chi connectivity index (χ1n) is 7.98. The van der Waals surface area contributed by atoms with Crippen LogP contribution < -0.4 is 5.32 Å². The number of hydrogen-bond donors (Lipinski definition) is 1. The Kier molecular flexibility index (Phi) is 5.97. The number of benzene rings is 1. The Labute approximate surface area is 149 Å². The average Bonchev–Trinajstić information content (AvgIpc) is 3.15. The fourth-order valence-corrected chi connectivity index (χ4v) is 3.01. The lowest BCUT2D eigenvalue weighted by Crippen LogP contribution is -2.42. The Morgan fingerprint density at radius 1 is 1.24 bits per heavy atom. The molecule has 1 fully saturated rings. The summed E-state index contributed by atoms with van der Waals surface area (Å²) in [6.45, 7) is 2.44. The molecule has 1 aliphatic rings. The molecule has 132 valence electrons. The Morgan fingerprint density at radius 3 is 2.76 bits per heavy atom. The minimum absolute atomic E-state index is 0.204. The molecule has 0 atom stereocenters. The summed E-state index contributed by atoms with van der Waals surface area (Å²) in [6.07, 6.45) is 0. The number of thiazole rings is 1. The lowest BCUT2D eigenvalue weighted by molar-refractivity contribution is -0.138. The molecule has 1 N–H and O–H groups in total. The highest BCUT2D eigenvalue weighted by atomic mass is 32.1. The zero-order chi connectivity index (χ0) is 17.5. The van der Waals surface area contributed by atoms with Crippen LogP contribution in [0.1, 0.15) is 16.1 Å². The minimum Gasteiger partial charge on any atom is -0.451 e. The average molecular weight is 361 g/mol. The van der Waals surface area contributed by atoms with Gasteiger partial charge in [0.25, 0.3) is 5.91 Å². The van der Waals surface area contributed by atoms with E-state index in [1.54, 1.807) is 10.3 Å². The van der Waals surface area contributed by atoms with E-state index in [0.29, 0.717) is 38.0 Å². The molecule has 1 aromatic carbocycles. The Bertz CT molecular complexity index is 714. The molecule has 3 rings (SSSR count). The molecule has 1 amide bonds. The van der Waals surface area contributed by atoms with Gasteiger partial charge in [-0.05, 0) is 5.56 Å². The summed E-state index contributed by atoms with van der Waals surface area (Å²) in [6, 6.07) is 9.90. The lowest BCUT2D eigenvalue weighted by Gasteiger charge is -2.26. The van der Waals surface area contributed by atoms with E-state index in [-0.39, 0.29) is 18.2 Å². The maximum Gasteiger partial charge on any atom is 0.358 e. The number of aromatic nitrogens is 1. The maximum atomic E-state index is 12.0. The first-order chi connectivity index (χ1) is 12.2. The summed E-state index contributed by atoms with van der Waals surface area (Å²) in [7, 11) is 0. The SMILES string of the molecule is O=C(OCC(=O)N1CCOCC1)c1csc(NCc2ccccc2)n1. The Hall–Kier alpha value is -2.45. The third kappa shape index (κ3) is 5.01. The molecule has 1 aliphatic heterocycles. The molecule has 7 nitrogen and oxygen atoms in total. The maximum absolute atomic E-state index is 12.0. The molecule has 25 heavy (non-hydrogen) atoms. The van der Waals surface area contributed by atoms with E-state index in [1.165, 1.54) is 11.3 Å². The van der Waals surface area contributed by atoms with E-state index in [4.69, 9.17) is 9.47 Å². The quantitative estimate of drug-likeness (QED) is 0.790. The number of nitrogens with zero attached hydrogens (tertiary/aromatic N) is 2. The molecule has 0 bridgehead atoms. The number of nitrogens with one attached hydrogen (secondary N) is 1. The first kappa shape index (κ1) is 17.4. The number of morpholine rings is 1. The standard InChI is InChI=1S/C17H19N3O4S/c21-15(20-6-8-23-9-7-20)11-24-16(22)14-12-25-17(19-14)18-10-13-4-2-1-3-5-13/h1-5,12H,6-11H2,(H,18,19). The van der Waals surface area contributed by atoms with Crippen molar-refractivity contribution >= 4 is 28.3 Å². The van der Waals surface area contributed by atoms with Crippen molar-refractivity contribution in [3.05, 3.63) is 47.0 Å². The third-order valence-electron chi connectivity index (χ3n) is 3.69. The Balaban J connectivity index is 1.46. The number of hydrogen-bond acceptors (Lipinski definition) is 7. The van der Waals surface area contributed by atoms with Crippen molar-refractivity contribution in [2.75, 3.05) is 38.2 Å². The summed E-state index contributed by atoms with van der Waals surface area (Å²) in [5, 5.41) is 5.42. The monoisotopic (exact) mass is 361 g/mol. The molecule has 1 aromatic heterocycles. The van der Waals surface area contributed by atoms with E-state index in [0.717, 1.165) is 5.56 Å². The van der Waals surface area contributed by atoms with Crippen molar-refractivity contribution in [3.8, 4) is 0 Å². The van der Waals surface area contributed by atoms with Gasteiger partial charge < -0.3 is 19.7 Å². The van der Waals surface area contributed by atoms with Gasteiger partial charge in [0.1, 0.15) is 0 Å². The van der Waals surface area contributed by atoms with Crippen LogP contribution >= 0.6 is 11.3 Å². The molecule has 2 aromatic rings. The summed E-state index contributed by atoms with van der Waals surface area (Å²) in [5.41, 5.74) is 1.33. The van der Waals surface area contributed by atoms with Gasteiger partial charge in [-0.2, -0.15) is 0 Å². The van der Waals surface area contributed by atoms with Gasteiger partial charge in [0, 0.05) is 25.0 Å². The van der Waals surface area contributed by atoms with E-state index in [1.807, 2.05) is 30.3 Å². The number of carbonyl (C=O) groups excluding carboxylic acids is 2. The van der Waals surface area contributed by atoms with E-state index < -0.39 is 5.97 Å². The highest BCUT2D eigenvalue weighted by Gasteiger charge is 2.19. The van der Waals surface area contributed by atoms with Gasteiger partial charge >= 0.3 is 5.97 Å². The van der Waals surface area contributed by atoms with Gasteiger partial charge in [-0.15, -0.1) is 11.3 Å². The molecule has 0 spiro atoms. The second-order valence-electron chi connectivity index (χ2n) is 5.45. The third-order valence-corrected chi connectivity index (χ3v) is 4.49. The molecule has 0 radical (unpaired) electrons. The van der Waals surface area contributed by atoms with E-state index in [9.17, 15) is 9.59 Å². The van der Waals surface area contributed by atoms with Crippen LogP contribution in [0.15, 0.2) is 35.7 Å². The summed E-state index contributed by atoms with van der Waals surface area (Å²) in [4.78, 5) is 29.8. The van der Waals surface area contributed by atoms with Crippen molar-refractivity contribution in [2.45, 2.75) is 6.54 Å². The van der Waals surface area contributed by atoms with Crippen molar-refractivity contribution in [1.29, 1.82) is 0 Å². The number of anilines is 1. The van der Waals surface area contributed by atoms with Gasteiger partial charge in [0.05, 0.1) is 13.2 Å². The van der Waals surface area contributed by atoms with Gasteiger partial charge in [-0.3, -0.25) is 4.79 Å². The second kappa shape index (κ2) is 8.59. The normalized spacial score (nSPS) is 14.2. The van der Waals surface area contributed by atoms with Crippen molar-refractivity contribution in [2.24, 2.45) is 0 Å². The van der Waals surface area contributed by atoms with Crippen LogP contribution in [-0.2, 0) is 20.8 Å². The van der Waals surface area contributed by atoms with Crippen LogP contribution in [0.5, 0.6) is 0 Å². The van der Waals surface area contributed by atoms with E-state index >= 15 is 0 Å². The van der Waals surface area contributed by atoms with E-state index in [2.05, 4.69) is 10.3 Å². The molecular formula is C17H19N3O4S. The van der Waals surface area contributed by atoms with Crippen LogP contribution in [0.4, 0.5) is 5.13 Å². The number of rotatable bonds is 6. The predicted octanol–water partition coefficient (Wildman–Crippen LogP) is 1.77. The highest BCUT2D eigenvalue weighted by molar-refractivity contribution is 7.13. The minimum atomic E-state index is -0.592. The topological polar surface area (TPSA) is 80.8 Å². The summed E-state index contributed by atoms with van der Waals surface area (Å²) < 4.78 is 10.2. The zero-order valence-electron chi connectivity index (χ0n) is 13.6. The Morgan fingerprint density at radius 2 is 2.00 bits per heavy atom. The van der Waals surface area contributed by atoms with Crippen LogP contribution in [-0.4, -0.2) is 54.7 Å². The molecular weight excluding hydrogens is 342 g/mol. The summed E-state index contributed by atoms with van der Waals surface area (Å²) >= 11 is 1.32. The number of amides is 1. The van der Waals surface area contributed by atoms with Gasteiger partial charge in [0.15, 0.2) is 17.4 Å². The van der Waals surface area contributed by atoms with Crippen molar-refractivity contribution < 1.29 is 19.1 Å². The van der Waals surface area contributed by atoms with Crippen molar-refractivity contribution in [3.63, 3.8) is 0 Å². The lowest BCUT2D eigenvalue weighted by atomic mass is 10.2. The predicted molar refractivity (Wildman–Crippen MR) is 93.6 cm³/mol. The fraction of sp³-hybridized carbons (Fsp3) is 0.353. The molecule has 0 aliphatic carbocycles.